The number of pyridine rings is 1. The highest BCUT2D eigenvalue weighted by Crippen LogP contribution is 2.30. The minimum absolute atomic E-state index is 0.0725. The molecule has 0 saturated carbocycles. The number of hydrogen-bond donors (Lipinski definition) is 1. The Morgan fingerprint density at radius 3 is 2.73 bits per heavy atom. The second-order valence-electron chi connectivity index (χ2n) is 6.31. The zero-order valence-corrected chi connectivity index (χ0v) is 15.0. The third-order valence-corrected chi connectivity index (χ3v) is 4.46. The first-order chi connectivity index (χ1) is 12.6. The summed E-state index contributed by atoms with van der Waals surface area (Å²) in [6.45, 7) is 4.71. The van der Waals surface area contributed by atoms with Gasteiger partial charge in [0.15, 0.2) is 0 Å². The van der Waals surface area contributed by atoms with Crippen LogP contribution >= 0.6 is 0 Å². The van der Waals surface area contributed by atoms with Crippen molar-refractivity contribution in [3.05, 3.63) is 76.1 Å². The Balaban J connectivity index is 1.81. The number of nitrogens with one attached hydrogen (secondary N) is 1. The van der Waals surface area contributed by atoms with Crippen molar-refractivity contribution in [3.8, 4) is 0 Å². The van der Waals surface area contributed by atoms with E-state index >= 15 is 0 Å². The SMILES string of the molecule is CCN(C)Cc1cccc(CNc2ccc([N+](=O)[O-])c3cnccc23)c1. The van der Waals surface area contributed by atoms with Gasteiger partial charge < -0.3 is 10.2 Å². The van der Waals surface area contributed by atoms with Crippen molar-refractivity contribution in [2.24, 2.45) is 0 Å². The quantitative estimate of drug-likeness (QED) is 0.510. The van der Waals surface area contributed by atoms with Crippen LogP contribution in [0.4, 0.5) is 11.4 Å². The van der Waals surface area contributed by atoms with Crippen LogP contribution in [0, 0.1) is 10.1 Å². The van der Waals surface area contributed by atoms with E-state index < -0.39 is 0 Å². The van der Waals surface area contributed by atoms with E-state index in [1.807, 2.05) is 0 Å². The molecule has 26 heavy (non-hydrogen) atoms. The molecule has 0 fully saturated rings. The van der Waals surface area contributed by atoms with E-state index in [1.54, 1.807) is 24.5 Å². The second-order valence-corrected chi connectivity index (χ2v) is 6.31. The van der Waals surface area contributed by atoms with Gasteiger partial charge in [0.25, 0.3) is 5.69 Å². The number of benzene rings is 2. The van der Waals surface area contributed by atoms with Gasteiger partial charge in [0.05, 0.1) is 10.3 Å². The maximum atomic E-state index is 11.2. The lowest BCUT2D eigenvalue weighted by Crippen LogP contribution is -2.16. The Hall–Kier alpha value is -2.99. The van der Waals surface area contributed by atoms with E-state index in [9.17, 15) is 10.1 Å². The predicted octanol–water partition coefficient (Wildman–Crippen LogP) is 4.21. The number of hydrogen-bond acceptors (Lipinski definition) is 5. The first kappa shape index (κ1) is 17.8. The fourth-order valence-corrected chi connectivity index (χ4v) is 2.95. The number of non-ortho nitro benzene ring substituents is 1. The van der Waals surface area contributed by atoms with Crippen molar-refractivity contribution >= 4 is 22.1 Å². The number of rotatable bonds is 7. The van der Waals surface area contributed by atoms with E-state index in [0.29, 0.717) is 11.9 Å². The molecule has 0 bridgehead atoms. The molecule has 3 rings (SSSR count). The van der Waals surface area contributed by atoms with Gasteiger partial charge in [0, 0.05) is 42.6 Å². The van der Waals surface area contributed by atoms with Crippen LogP contribution < -0.4 is 5.32 Å². The zero-order valence-electron chi connectivity index (χ0n) is 15.0. The van der Waals surface area contributed by atoms with E-state index in [4.69, 9.17) is 0 Å². The Bertz CT molecular complexity index is 927. The smallest absolute Gasteiger partial charge is 0.278 e. The molecule has 0 amide bonds. The van der Waals surface area contributed by atoms with Gasteiger partial charge in [-0.2, -0.15) is 0 Å². The molecule has 6 heteroatoms. The Morgan fingerprint density at radius 1 is 1.15 bits per heavy atom. The minimum Gasteiger partial charge on any atom is -0.380 e. The summed E-state index contributed by atoms with van der Waals surface area (Å²) in [7, 11) is 2.10. The zero-order chi connectivity index (χ0) is 18.5. The van der Waals surface area contributed by atoms with Crippen LogP contribution in [-0.2, 0) is 13.1 Å². The molecule has 0 spiro atoms. The van der Waals surface area contributed by atoms with E-state index in [-0.39, 0.29) is 10.6 Å². The monoisotopic (exact) mass is 350 g/mol. The molecule has 0 unspecified atom stereocenters. The summed E-state index contributed by atoms with van der Waals surface area (Å²) in [5.41, 5.74) is 3.38. The van der Waals surface area contributed by atoms with Crippen molar-refractivity contribution in [2.45, 2.75) is 20.0 Å². The molecule has 2 aromatic carbocycles. The van der Waals surface area contributed by atoms with E-state index in [1.165, 1.54) is 17.2 Å². The fourth-order valence-electron chi connectivity index (χ4n) is 2.95. The molecule has 1 heterocycles. The molecule has 0 aliphatic carbocycles. The van der Waals surface area contributed by atoms with Crippen LogP contribution in [-0.4, -0.2) is 28.4 Å². The molecular weight excluding hydrogens is 328 g/mol. The number of nitro benzene ring substituents is 1. The Morgan fingerprint density at radius 2 is 1.96 bits per heavy atom. The molecule has 3 aromatic rings. The van der Waals surface area contributed by atoms with Crippen molar-refractivity contribution in [3.63, 3.8) is 0 Å². The minimum atomic E-state index is -0.374. The van der Waals surface area contributed by atoms with Crippen molar-refractivity contribution < 1.29 is 4.92 Å². The van der Waals surface area contributed by atoms with E-state index in [2.05, 4.69) is 53.4 Å². The maximum absolute atomic E-state index is 11.2. The summed E-state index contributed by atoms with van der Waals surface area (Å²) in [5.74, 6) is 0. The highest BCUT2D eigenvalue weighted by atomic mass is 16.6. The summed E-state index contributed by atoms with van der Waals surface area (Å²) < 4.78 is 0. The van der Waals surface area contributed by atoms with Crippen molar-refractivity contribution in [1.82, 2.24) is 9.88 Å². The lowest BCUT2D eigenvalue weighted by molar-refractivity contribution is -0.383. The van der Waals surface area contributed by atoms with Crippen LogP contribution in [0.25, 0.3) is 10.8 Å². The summed E-state index contributed by atoms with van der Waals surface area (Å²) >= 11 is 0. The second kappa shape index (κ2) is 7.93. The summed E-state index contributed by atoms with van der Waals surface area (Å²) in [4.78, 5) is 17.1. The number of anilines is 1. The molecule has 6 nitrogen and oxygen atoms in total. The standard InChI is InChI=1S/C20H22N4O2/c1-3-23(2)14-16-6-4-5-15(11-16)12-22-19-7-8-20(24(25)26)18-13-21-10-9-17(18)19/h4-11,13,22H,3,12,14H2,1-2H3. The molecule has 0 atom stereocenters. The lowest BCUT2D eigenvalue weighted by Gasteiger charge is -2.15. The summed E-state index contributed by atoms with van der Waals surface area (Å²) in [5, 5.41) is 16.0. The molecule has 0 aliphatic heterocycles. The number of nitrogens with zero attached hydrogens (tertiary/aromatic N) is 3. The van der Waals surface area contributed by atoms with Gasteiger partial charge in [-0.15, -0.1) is 0 Å². The predicted molar refractivity (Wildman–Crippen MR) is 104 cm³/mol. The van der Waals surface area contributed by atoms with Crippen LogP contribution in [0.3, 0.4) is 0 Å². The highest BCUT2D eigenvalue weighted by Gasteiger charge is 2.14. The van der Waals surface area contributed by atoms with Crippen LogP contribution in [0.2, 0.25) is 0 Å². The summed E-state index contributed by atoms with van der Waals surface area (Å²) in [6.07, 6.45) is 3.19. The van der Waals surface area contributed by atoms with Crippen molar-refractivity contribution in [1.29, 1.82) is 0 Å². The average molecular weight is 350 g/mol. The Kier molecular flexibility index (Phi) is 5.43. The topological polar surface area (TPSA) is 71.3 Å². The van der Waals surface area contributed by atoms with Gasteiger partial charge in [-0.3, -0.25) is 15.1 Å². The number of aromatic nitrogens is 1. The van der Waals surface area contributed by atoms with Gasteiger partial charge in [0.1, 0.15) is 0 Å². The van der Waals surface area contributed by atoms with Gasteiger partial charge in [0.2, 0.25) is 0 Å². The Labute approximate surface area is 152 Å². The van der Waals surface area contributed by atoms with E-state index in [0.717, 1.165) is 24.2 Å². The fraction of sp³-hybridized carbons (Fsp3) is 0.250. The van der Waals surface area contributed by atoms with Gasteiger partial charge in [-0.05, 0) is 36.9 Å². The molecular formula is C20H22N4O2. The van der Waals surface area contributed by atoms with Gasteiger partial charge in [-0.25, -0.2) is 0 Å². The summed E-state index contributed by atoms with van der Waals surface area (Å²) in [6, 6.07) is 13.5. The largest absolute Gasteiger partial charge is 0.380 e. The maximum Gasteiger partial charge on any atom is 0.278 e. The first-order valence-electron chi connectivity index (χ1n) is 8.60. The third kappa shape index (κ3) is 3.97. The molecule has 1 N–H and O–H groups in total. The number of nitro groups is 1. The van der Waals surface area contributed by atoms with Crippen LogP contribution in [0.15, 0.2) is 54.9 Å². The average Bonchev–Trinajstić information content (AvgIpc) is 2.66. The highest BCUT2D eigenvalue weighted by molar-refractivity contribution is 5.99. The lowest BCUT2D eigenvalue weighted by atomic mass is 10.1. The molecule has 0 saturated heterocycles. The molecule has 1 aromatic heterocycles. The normalized spacial score (nSPS) is 11.0. The molecule has 0 aliphatic rings. The van der Waals surface area contributed by atoms with Gasteiger partial charge in [-0.1, -0.05) is 31.2 Å². The molecule has 0 radical (unpaired) electrons. The first-order valence-corrected chi connectivity index (χ1v) is 8.60. The molecule has 134 valence electrons. The number of fused-ring (bicyclic) bond motifs is 1. The van der Waals surface area contributed by atoms with Crippen LogP contribution in [0.5, 0.6) is 0 Å². The van der Waals surface area contributed by atoms with Gasteiger partial charge >= 0.3 is 0 Å². The van der Waals surface area contributed by atoms with Crippen LogP contribution in [0.1, 0.15) is 18.1 Å². The van der Waals surface area contributed by atoms with Crippen molar-refractivity contribution in [2.75, 3.05) is 18.9 Å². The third-order valence-electron chi connectivity index (χ3n) is 4.46.